The summed E-state index contributed by atoms with van der Waals surface area (Å²) in [4.78, 5) is 10.00. The number of hydrogen-bond acceptors (Lipinski definition) is 2. The van der Waals surface area contributed by atoms with E-state index in [9.17, 15) is 4.79 Å². The van der Waals surface area contributed by atoms with Gasteiger partial charge in [0.15, 0.2) is 6.29 Å². The molecule has 0 saturated heterocycles. The maximum absolute atomic E-state index is 10.00. The molecule has 0 saturated carbocycles. The van der Waals surface area contributed by atoms with E-state index < -0.39 is 0 Å². The van der Waals surface area contributed by atoms with Gasteiger partial charge in [0.2, 0.25) is 0 Å². The molecule has 0 rings (SSSR count). The van der Waals surface area contributed by atoms with Gasteiger partial charge in [0.25, 0.3) is 0 Å². The lowest BCUT2D eigenvalue weighted by Crippen LogP contribution is -2.09. The molecule has 0 radical (unpaired) electrons. The number of ether oxygens (including phenoxy) is 1. The summed E-state index contributed by atoms with van der Waals surface area (Å²) >= 11 is 0. The second kappa shape index (κ2) is 4.01. The normalized spacial score (nSPS) is 11.8. The quantitative estimate of drug-likeness (QED) is 0.312. The first-order valence-corrected chi connectivity index (χ1v) is 2.51. The van der Waals surface area contributed by atoms with Gasteiger partial charge in [-0.2, -0.15) is 0 Å². The van der Waals surface area contributed by atoms with Crippen molar-refractivity contribution in [2.24, 2.45) is 0 Å². The number of carbonyl (C=O) groups is 1. The van der Waals surface area contributed by atoms with E-state index >= 15 is 0 Å². The largest absolute Gasteiger partial charge is 0.763 e. The van der Waals surface area contributed by atoms with Crippen molar-refractivity contribution in [1.29, 1.82) is 0 Å². The first kappa shape index (κ1) is 8.08. The van der Waals surface area contributed by atoms with Crippen LogP contribution in [0.5, 0.6) is 0 Å². The number of methoxy groups -OCH3 is 1. The highest BCUT2D eigenvalue weighted by atomic mass is 16.5. The maximum Gasteiger partial charge on any atom is 0.154 e. The van der Waals surface area contributed by atoms with Crippen LogP contribution in [0.15, 0.2) is 5.57 Å². The molecule has 0 amide bonds. The summed E-state index contributed by atoms with van der Waals surface area (Å²) in [6.07, 6.45) is 0.126. The molecule has 0 aliphatic rings. The van der Waals surface area contributed by atoms with Gasteiger partial charge in [0.1, 0.15) is 0 Å². The molecule has 0 fully saturated rings. The van der Waals surface area contributed by atoms with Crippen LogP contribution in [-0.4, -0.2) is 25.4 Å². The monoisotopic (exact) mass is 126 g/mol. The number of carbonyl (C=O) groups excluding carboxylic acids is 1. The fourth-order valence-corrected chi connectivity index (χ4v) is 0.340. The van der Waals surface area contributed by atoms with Crippen molar-refractivity contribution < 1.29 is 9.53 Å². The SMILES string of the molecule is COC(C)C(=C=[N-])C=O. The molecule has 1 atom stereocenters. The topological polar surface area (TPSA) is 48.6 Å². The Morgan fingerprint density at radius 1 is 1.89 bits per heavy atom. The molecule has 0 aromatic rings. The molecule has 0 aromatic heterocycles. The zero-order valence-corrected chi connectivity index (χ0v) is 5.42. The second-order valence-electron chi connectivity index (χ2n) is 1.56. The van der Waals surface area contributed by atoms with Crippen LogP contribution in [0.4, 0.5) is 0 Å². The summed E-state index contributed by atoms with van der Waals surface area (Å²) in [5.41, 5.74) is 0.123. The molecule has 0 bridgehead atoms. The van der Waals surface area contributed by atoms with Crippen molar-refractivity contribution in [3.05, 3.63) is 11.0 Å². The first-order chi connectivity index (χ1) is 4.26. The van der Waals surface area contributed by atoms with Gasteiger partial charge in [-0.15, -0.1) is 0 Å². The minimum Gasteiger partial charge on any atom is -0.763 e. The highest BCUT2D eigenvalue weighted by Crippen LogP contribution is 1.96. The van der Waals surface area contributed by atoms with Crippen LogP contribution in [0, 0.1) is 0 Å². The smallest absolute Gasteiger partial charge is 0.154 e. The summed E-state index contributed by atoms with van der Waals surface area (Å²) in [5, 5.41) is 8.23. The Labute approximate surface area is 53.8 Å². The van der Waals surface area contributed by atoms with E-state index in [1.807, 2.05) is 0 Å². The lowest BCUT2D eigenvalue weighted by molar-refractivity contribution is -0.105. The van der Waals surface area contributed by atoms with E-state index in [2.05, 4.69) is 0 Å². The zero-order valence-electron chi connectivity index (χ0n) is 5.42. The highest BCUT2D eigenvalue weighted by molar-refractivity contribution is 5.89. The Morgan fingerprint density at radius 2 is 2.44 bits per heavy atom. The van der Waals surface area contributed by atoms with E-state index in [-0.39, 0.29) is 11.7 Å². The average molecular weight is 126 g/mol. The Bertz CT molecular complexity index is 147. The van der Waals surface area contributed by atoms with Gasteiger partial charge in [0.05, 0.1) is 6.10 Å². The van der Waals surface area contributed by atoms with Crippen LogP contribution in [0.1, 0.15) is 6.92 Å². The molecule has 50 valence electrons. The molecule has 0 aromatic carbocycles. The van der Waals surface area contributed by atoms with Gasteiger partial charge < -0.3 is 10.1 Å². The fraction of sp³-hybridized carbons (Fsp3) is 0.500. The summed E-state index contributed by atoms with van der Waals surface area (Å²) in [6.45, 7) is 1.65. The van der Waals surface area contributed by atoms with Crippen LogP contribution in [-0.2, 0) is 9.53 Å². The van der Waals surface area contributed by atoms with Crippen LogP contribution < -0.4 is 0 Å². The van der Waals surface area contributed by atoms with Crippen molar-refractivity contribution in [3.63, 3.8) is 0 Å². The van der Waals surface area contributed by atoms with Crippen molar-refractivity contribution in [2.45, 2.75) is 13.0 Å². The first-order valence-electron chi connectivity index (χ1n) is 2.51. The molecule has 0 heterocycles. The summed E-state index contributed by atoms with van der Waals surface area (Å²) < 4.78 is 4.70. The third-order valence-corrected chi connectivity index (χ3v) is 1.05. The molecular weight excluding hydrogens is 118 g/mol. The molecule has 9 heavy (non-hydrogen) atoms. The van der Waals surface area contributed by atoms with Crippen molar-refractivity contribution in [3.8, 4) is 0 Å². The van der Waals surface area contributed by atoms with Gasteiger partial charge in [0, 0.05) is 12.7 Å². The molecule has 3 nitrogen and oxygen atoms in total. The zero-order chi connectivity index (χ0) is 7.28. The van der Waals surface area contributed by atoms with E-state index in [4.69, 9.17) is 10.1 Å². The fourth-order valence-electron chi connectivity index (χ4n) is 0.340. The maximum atomic E-state index is 10.00. The number of rotatable bonds is 3. The Hall–Kier alpha value is -0.920. The lowest BCUT2D eigenvalue weighted by Gasteiger charge is -2.06. The Morgan fingerprint density at radius 3 is 2.56 bits per heavy atom. The number of aldehydes is 1. The van der Waals surface area contributed by atoms with Crippen molar-refractivity contribution >= 4 is 12.2 Å². The minimum absolute atomic E-state index is 0.123. The predicted octanol–water partition coefficient (Wildman–Crippen LogP) is 0.386. The van der Waals surface area contributed by atoms with Gasteiger partial charge in [-0.05, 0) is 6.92 Å². The molecule has 0 aliphatic carbocycles. The predicted molar refractivity (Wildman–Crippen MR) is 34.4 cm³/mol. The minimum atomic E-state index is -0.382. The summed E-state index contributed by atoms with van der Waals surface area (Å²) in [7, 11) is 1.45. The van der Waals surface area contributed by atoms with E-state index in [0.717, 1.165) is 0 Å². The molecule has 0 aliphatic heterocycles. The Balaban J connectivity index is 4.13. The third kappa shape index (κ3) is 2.22. The van der Waals surface area contributed by atoms with Crippen LogP contribution in [0.3, 0.4) is 0 Å². The van der Waals surface area contributed by atoms with Crippen molar-refractivity contribution in [2.75, 3.05) is 7.11 Å². The molecular formula is C6H8NO2-. The Kier molecular flexibility index (Phi) is 3.60. The van der Waals surface area contributed by atoms with Gasteiger partial charge >= 0.3 is 0 Å². The number of nitrogens with zero attached hydrogens (tertiary/aromatic N) is 1. The van der Waals surface area contributed by atoms with Crippen LogP contribution in [0.2, 0.25) is 0 Å². The number of hydrogen-bond donors (Lipinski definition) is 0. The standard InChI is InChI=1S/C6H8NO2/c1-5(9-2)6(3-7)4-8/h4-5H,1-2H3/q-1. The summed E-state index contributed by atoms with van der Waals surface area (Å²) in [6, 6.07) is 0. The highest BCUT2D eigenvalue weighted by Gasteiger charge is 2.01. The lowest BCUT2D eigenvalue weighted by atomic mass is 10.2. The van der Waals surface area contributed by atoms with Gasteiger partial charge in [-0.3, -0.25) is 10.7 Å². The van der Waals surface area contributed by atoms with E-state index in [0.29, 0.717) is 6.29 Å². The third-order valence-electron chi connectivity index (χ3n) is 1.05. The van der Waals surface area contributed by atoms with Crippen LogP contribution >= 0.6 is 0 Å². The molecule has 1 unspecified atom stereocenters. The second-order valence-corrected chi connectivity index (χ2v) is 1.56. The summed E-state index contributed by atoms with van der Waals surface area (Å²) in [5.74, 6) is 1.73. The molecule has 3 heteroatoms. The average Bonchev–Trinajstić information content (AvgIpc) is 1.90. The molecule has 0 N–H and O–H groups in total. The van der Waals surface area contributed by atoms with Gasteiger partial charge in [-0.1, -0.05) is 0 Å². The molecule has 0 spiro atoms. The van der Waals surface area contributed by atoms with Crippen LogP contribution in [0.25, 0.3) is 5.41 Å². The van der Waals surface area contributed by atoms with E-state index in [1.54, 1.807) is 12.8 Å². The van der Waals surface area contributed by atoms with E-state index in [1.165, 1.54) is 7.11 Å². The van der Waals surface area contributed by atoms with Crippen molar-refractivity contribution in [1.82, 2.24) is 0 Å². The van der Waals surface area contributed by atoms with Gasteiger partial charge in [-0.25, -0.2) is 0 Å².